The Morgan fingerprint density at radius 2 is 2.30 bits per heavy atom. The van der Waals surface area contributed by atoms with Gasteiger partial charge in [-0.05, 0) is 6.42 Å². The highest BCUT2D eigenvalue weighted by molar-refractivity contribution is 7.80. The molecule has 4 nitrogen and oxygen atoms in total. The predicted molar refractivity (Wildman–Crippen MR) is 40.8 cm³/mol. The van der Waals surface area contributed by atoms with Crippen molar-refractivity contribution in [3.8, 4) is 0 Å². The van der Waals surface area contributed by atoms with Crippen molar-refractivity contribution in [2.45, 2.75) is 18.6 Å². The van der Waals surface area contributed by atoms with E-state index in [-0.39, 0.29) is 0 Å². The standard InChI is InChI=1S/C4H8NO3PS/c6-9(7,8)3-1-2-4(10)5-3/h3H,1-2H2,(H,5,10)(H2,6,7,8). The molecule has 0 aromatic heterocycles. The van der Waals surface area contributed by atoms with Gasteiger partial charge in [-0.3, -0.25) is 4.57 Å². The van der Waals surface area contributed by atoms with Gasteiger partial charge in [0.15, 0.2) is 0 Å². The second kappa shape index (κ2) is 2.58. The number of thiocarbonyl (C=S) groups is 1. The van der Waals surface area contributed by atoms with Crippen LogP contribution in [-0.4, -0.2) is 20.6 Å². The molecule has 0 radical (unpaired) electrons. The molecule has 1 atom stereocenters. The third-order valence-electron chi connectivity index (χ3n) is 1.38. The van der Waals surface area contributed by atoms with Crippen molar-refractivity contribution in [3.63, 3.8) is 0 Å². The minimum Gasteiger partial charge on any atom is -0.366 e. The van der Waals surface area contributed by atoms with Crippen LogP contribution in [0.15, 0.2) is 0 Å². The number of hydrogen-bond acceptors (Lipinski definition) is 2. The van der Waals surface area contributed by atoms with Crippen LogP contribution >= 0.6 is 19.8 Å². The average molecular weight is 181 g/mol. The van der Waals surface area contributed by atoms with Gasteiger partial charge in [0.05, 0.1) is 4.99 Å². The van der Waals surface area contributed by atoms with Crippen LogP contribution < -0.4 is 5.32 Å². The van der Waals surface area contributed by atoms with Gasteiger partial charge in [0.2, 0.25) is 0 Å². The molecule has 0 saturated carbocycles. The monoisotopic (exact) mass is 181 g/mol. The van der Waals surface area contributed by atoms with Gasteiger partial charge in [-0.25, -0.2) is 0 Å². The lowest BCUT2D eigenvalue weighted by molar-refractivity contribution is 0.355. The fourth-order valence-electron chi connectivity index (χ4n) is 0.850. The Morgan fingerprint density at radius 1 is 1.70 bits per heavy atom. The first-order chi connectivity index (χ1) is 4.50. The van der Waals surface area contributed by atoms with Gasteiger partial charge in [0.1, 0.15) is 5.78 Å². The van der Waals surface area contributed by atoms with Crippen LogP contribution in [0.25, 0.3) is 0 Å². The maximum atomic E-state index is 10.6. The van der Waals surface area contributed by atoms with Crippen molar-refractivity contribution in [1.82, 2.24) is 5.32 Å². The zero-order valence-corrected chi connectivity index (χ0v) is 6.86. The van der Waals surface area contributed by atoms with Crippen LogP contribution in [0.5, 0.6) is 0 Å². The van der Waals surface area contributed by atoms with E-state index in [9.17, 15) is 4.57 Å². The summed E-state index contributed by atoms with van der Waals surface area (Å²) in [6.45, 7) is 0. The molecule has 1 aliphatic rings. The summed E-state index contributed by atoms with van der Waals surface area (Å²) in [5.74, 6) is -0.736. The van der Waals surface area contributed by atoms with E-state index in [1.165, 1.54) is 0 Å². The highest BCUT2D eigenvalue weighted by Crippen LogP contribution is 2.43. The van der Waals surface area contributed by atoms with Gasteiger partial charge >= 0.3 is 7.60 Å². The van der Waals surface area contributed by atoms with E-state index in [2.05, 4.69) is 5.32 Å². The molecule has 1 saturated heterocycles. The molecule has 0 amide bonds. The zero-order valence-electron chi connectivity index (χ0n) is 5.15. The second-order valence-corrected chi connectivity index (χ2v) is 4.51. The van der Waals surface area contributed by atoms with Crippen molar-refractivity contribution < 1.29 is 14.4 Å². The summed E-state index contributed by atoms with van der Waals surface area (Å²) in [5.41, 5.74) is 0. The molecule has 0 aromatic carbocycles. The van der Waals surface area contributed by atoms with Crippen molar-refractivity contribution in [3.05, 3.63) is 0 Å². The van der Waals surface area contributed by atoms with Crippen LogP contribution in [0.2, 0.25) is 0 Å². The molecule has 0 aliphatic carbocycles. The molecule has 1 fully saturated rings. The number of hydrogen-bond donors (Lipinski definition) is 3. The van der Waals surface area contributed by atoms with E-state index in [4.69, 9.17) is 22.0 Å². The van der Waals surface area contributed by atoms with Crippen LogP contribution in [0, 0.1) is 0 Å². The van der Waals surface area contributed by atoms with Crippen molar-refractivity contribution in [1.29, 1.82) is 0 Å². The normalized spacial score (nSPS) is 26.6. The lowest BCUT2D eigenvalue weighted by atomic mass is 10.4. The Bertz CT molecular complexity index is 201. The largest absolute Gasteiger partial charge is 0.366 e. The first kappa shape index (κ1) is 8.14. The highest BCUT2D eigenvalue weighted by Gasteiger charge is 2.33. The molecule has 1 rings (SSSR count). The topological polar surface area (TPSA) is 69.6 Å². The van der Waals surface area contributed by atoms with Gasteiger partial charge in [-0.2, -0.15) is 0 Å². The molecular weight excluding hydrogens is 173 g/mol. The Kier molecular flexibility index (Phi) is 2.10. The fraction of sp³-hybridized carbons (Fsp3) is 0.750. The van der Waals surface area contributed by atoms with E-state index in [0.717, 1.165) is 0 Å². The van der Waals surface area contributed by atoms with Crippen molar-refractivity contribution >= 4 is 24.8 Å². The lowest BCUT2D eigenvalue weighted by Gasteiger charge is -2.11. The molecule has 10 heavy (non-hydrogen) atoms. The summed E-state index contributed by atoms with van der Waals surface area (Å²) in [5, 5.41) is 2.56. The molecule has 0 aromatic rings. The Balaban J connectivity index is 2.62. The van der Waals surface area contributed by atoms with Crippen LogP contribution in [0.4, 0.5) is 0 Å². The summed E-state index contributed by atoms with van der Waals surface area (Å²) in [7, 11) is -3.95. The summed E-state index contributed by atoms with van der Waals surface area (Å²) in [6.07, 6.45) is 1.04. The Hall–Kier alpha value is 0.0400. The van der Waals surface area contributed by atoms with Crippen LogP contribution in [-0.2, 0) is 4.57 Å². The van der Waals surface area contributed by atoms with Gasteiger partial charge in [0.25, 0.3) is 0 Å². The summed E-state index contributed by atoms with van der Waals surface area (Å²) >= 11 is 4.71. The number of rotatable bonds is 1. The maximum absolute atomic E-state index is 10.6. The van der Waals surface area contributed by atoms with Gasteiger partial charge in [-0.1, -0.05) is 12.2 Å². The molecule has 58 valence electrons. The molecule has 1 heterocycles. The molecular formula is C4H8NO3PS. The summed E-state index contributed by atoms with van der Waals surface area (Å²) in [6, 6.07) is 0. The molecule has 3 N–H and O–H groups in total. The smallest absolute Gasteiger partial charge is 0.347 e. The van der Waals surface area contributed by atoms with E-state index in [1.54, 1.807) is 0 Å². The van der Waals surface area contributed by atoms with Crippen LogP contribution in [0.3, 0.4) is 0 Å². The van der Waals surface area contributed by atoms with Gasteiger partial charge in [0, 0.05) is 6.42 Å². The molecule has 1 aliphatic heterocycles. The van der Waals surface area contributed by atoms with E-state index in [0.29, 0.717) is 17.8 Å². The predicted octanol–water partition coefficient (Wildman–Crippen LogP) is 0.201. The minimum absolute atomic E-state index is 0.448. The fourth-order valence-corrected chi connectivity index (χ4v) is 1.99. The third-order valence-corrected chi connectivity index (χ3v) is 2.90. The first-order valence-corrected chi connectivity index (χ1v) is 4.94. The van der Waals surface area contributed by atoms with Crippen molar-refractivity contribution in [2.75, 3.05) is 0 Å². The number of nitrogens with one attached hydrogen (secondary N) is 1. The molecule has 0 bridgehead atoms. The molecule has 1 unspecified atom stereocenters. The summed E-state index contributed by atoms with van der Waals surface area (Å²) < 4.78 is 10.6. The lowest BCUT2D eigenvalue weighted by Crippen LogP contribution is -2.23. The van der Waals surface area contributed by atoms with Gasteiger partial charge in [-0.15, -0.1) is 0 Å². The van der Waals surface area contributed by atoms with E-state index >= 15 is 0 Å². The quantitative estimate of drug-likeness (QED) is 0.398. The van der Waals surface area contributed by atoms with E-state index < -0.39 is 13.4 Å². The SMILES string of the molecule is O=P(O)(O)C1CCC(=S)N1. The van der Waals surface area contributed by atoms with Gasteiger partial charge < -0.3 is 15.1 Å². The zero-order chi connectivity index (χ0) is 7.78. The highest BCUT2D eigenvalue weighted by atomic mass is 32.1. The second-order valence-electron chi connectivity index (χ2n) is 2.21. The van der Waals surface area contributed by atoms with Crippen molar-refractivity contribution in [2.24, 2.45) is 0 Å². The third kappa shape index (κ3) is 1.76. The molecule has 0 spiro atoms. The summed E-state index contributed by atoms with van der Waals surface area (Å²) in [4.78, 5) is 17.8. The first-order valence-electron chi connectivity index (χ1n) is 2.85. The minimum atomic E-state index is -3.95. The maximum Gasteiger partial charge on any atom is 0.347 e. The Morgan fingerprint density at radius 3 is 2.50 bits per heavy atom. The van der Waals surface area contributed by atoms with E-state index in [1.807, 2.05) is 0 Å². The molecule has 6 heteroatoms. The average Bonchev–Trinajstić information content (AvgIpc) is 2.11. The Labute approximate surface area is 63.8 Å². The van der Waals surface area contributed by atoms with Crippen LogP contribution in [0.1, 0.15) is 12.8 Å².